The van der Waals surface area contributed by atoms with Gasteiger partial charge in [0.1, 0.15) is 0 Å². The van der Waals surface area contributed by atoms with Crippen LogP contribution in [0.15, 0.2) is 12.2 Å². The molecule has 0 saturated carbocycles. The van der Waals surface area contributed by atoms with E-state index in [9.17, 15) is 9.59 Å². The van der Waals surface area contributed by atoms with Crippen molar-refractivity contribution < 1.29 is 19.4 Å². The summed E-state index contributed by atoms with van der Waals surface area (Å²) in [6.07, 6.45) is 23.0. The Morgan fingerprint density at radius 2 is 1.00 bits per heavy atom. The monoisotopic (exact) mass is 482 g/mol. The van der Waals surface area contributed by atoms with E-state index >= 15 is 0 Å². The van der Waals surface area contributed by atoms with E-state index in [0.29, 0.717) is 6.61 Å². The molecule has 0 heterocycles. The fourth-order valence-corrected chi connectivity index (χ4v) is 10.3. The first-order valence-electron chi connectivity index (χ1n) is 14.1. The van der Waals surface area contributed by atoms with Crippen molar-refractivity contribution in [3.63, 3.8) is 0 Å². The van der Waals surface area contributed by atoms with Crippen LogP contribution in [0.25, 0.3) is 0 Å². The predicted molar refractivity (Wildman–Crippen MR) is 144 cm³/mol. The normalized spacial score (nSPS) is 11.8. The fourth-order valence-electron chi connectivity index (χ4n) is 4.85. The van der Waals surface area contributed by atoms with E-state index in [1.165, 1.54) is 95.9 Å². The van der Waals surface area contributed by atoms with Gasteiger partial charge in [-0.3, -0.25) is 0 Å². The molecule has 0 aromatic rings. The summed E-state index contributed by atoms with van der Waals surface area (Å²) >= 11 is 0. The molecule has 0 spiro atoms. The standard InChI is InChI=1S/C28H54O4Si/c1-4-7-10-16-23-33(24-17-11-8-5-2,25-18-12-9-6-3)26-19-14-13-15-22-32-28(31)21-20-27(29)30/h20-21H,4-19,22-26H2,1-3H3,(H,29,30). The predicted octanol–water partition coefficient (Wildman–Crippen LogP) is 8.92. The van der Waals surface area contributed by atoms with Gasteiger partial charge in [-0.05, 0) is 6.42 Å². The zero-order chi connectivity index (χ0) is 24.6. The second-order valence-corrected chi connectivity index (χ2v) is 14.9. The Hall–Kier alpha value is -1.10. The lowest BCUT2D eigenvalue weighted by Crippen LogP contribution is -2.34. The zero-order valence-electron chi connectivity index (χ0n) is 22.2. The van der Waals surface area contributed by atoms with Crippen molar-refractivity contribution >= 4 is 20.0 Å². The molecule has 0 amide bonds. The molecule has 0 rings (SSSR count). The summed E-state index contributed by atoms with van der Waals surface area (Å²) in [5, 5.41) is 8.55. The summed E-state index contributed by atoms with van der Waals surface area (Å²) in [4.78, 5) is 21.9. The molecule has 5 heteroatoms. The maximum atomic E-state index is 11.4. The lowest BCUT2D eigenvalue weighted by molar-refractivity contribution is -0.138. The van der Waals surface area contributed by atoms with Crippen LogP contribution in [-0.2, 0) is 14.3 Å². The van der Waals surface area contributed by atoms with Crippen molar-refractivity contribution in [3.8, 4) is 0 Å². The van der Waals surface area contributed by atoms with Gasteiger partial charge in [0, 0.05) is 12.2 Å². The Labute approximate surface area is 206 Å². The summed E-state index contributed by atoms with van der Waals surface area (Å²) < 4.78 is 5.09. The minimum Gasteiger partial charge on any atom is -0.478 e. The first-order chi connectivity index (χ1) is 16.0. The van der Waals surface area contributed by atoms with Gasteiger partial charge in [0.25, 0.3) is 0 Å². The third-order valence-electron chi connectivity index (χ3n) is 6.89. The van der Waals surface area contributed by atoms with E-state index in [1.807, 2.05) is 0 Å². The Morgan fingerprint density at radius 3 is 1.39 bits per heavy atom. The van der Waals surface area contributed by atoms with E-state index < -0.39 is 20.0 Å². The van der Waals surface area contributed by atoms with Gasteiger partial charge in [-0.25, -0.2) is 9.59 Å². The Kier molecular flexibility index (Phi) is 21.9. The molecule has 194 valence electrons. The van der Waals surface area contributed by atoms with Crippen molar-refractivity contribution in [2.45, 2.75) is 148 Å². The molecule has 0 aliphatic rings. The Balaban J connectivity index is 4.58. The molecule has 0 aromatic heterocycles. The highest BCUT2D eigenvalue weighted by Gasteiger charge is 2.30. The van der Waals surface area contributed by atoms with Gasteiger partial charge in [-0.1, -0.05) is 141 Å². The smallest absolute Gasteiger partial charge is 0.331 e. The van der Waals surface area contributed by atoms with Gasteiger partial charge < -0.3 is 9.84 Å². The number of esters is 1. The number of carbonyl (C=O) groups excluding carboxylic acids is 1. The number of unbranched alkanes of at least 4 members (excludes halogenated alkanes) is 12. The van der Waals surface area contributed by atoms with Crippen LogP contribution in [-0.4, -0.2) is 31.7 Å². The fraction of sp³-hybridized carbons (Fsp3) is 0.857. The minimum absolute atomic E-state index is 0.385. The molecule has 0 aliphatic heterocycles. The molecular weight excluding hydrogens is 428 g/mol. The van der Waals surface area contributed by atoms with Gasteiger partial charge in [0.05, 0.1) is 14.7 Å². The van der Waals surface area contributed by atoms with E-state index in [0.717, 1.165) is 25.0 Å². The van der Waals surface area contributed by atoms with Gasteiger partial charge in [-0.2, -0.15) is 0 Å². The second-order valence-electron chi connectivity index (χ2n) is 9.94. The molecule has 0 saturated heterocycles. The van der Waals surface area contributed by atoms with Crippen LogP contribution in [0.2, 0.25) is 24.2 Å². The van der Waals surface area contributed by atoms with Gasteiger partial charge >= 0.3 is 11.9 Å². The number of carboxylic acids is 1. The highest BCUT2D eigenvalue weighted by atomic mass is 28.3. The van der Waals surface area contributed by atoms with Crippen LogP contribution < -0.4 is 0 Å². The largest absolute Gasteiger partial charge is 0.478 e. The number of ether oxygens (including phenoxy) is 1. The van der Waals surface area contributed by atoms with E-state index in [1.54, 1.807) is 18.1 Å². The topological polar surface area (TPSA) is 63.6 Å². The number of rotatable bonds is 24. The van der Waals surface area contributed by atoms with Crippen molar-refractivity contribution in [2.75, 3.05) is 6.61 Å². The number of hydrogen-bond acceptors (Lipinski definition) is 3. The molecule has 33 heavy (non-hydrogen) atoms. The van der Waals surface area contributed by atoms with Gasteiger partial charge in [0.15, 0.2) is 0 Å². The first-order valence-corrected chi connectivity index (χ1v) is 16.9. The summed E-state index contributed by atoms with van der Waals surface area (Å²) in [5.74, 6) is -1.69. The quantitative estimate of drug-likeness (QED) is 0.0645. The van der Waals surface area contributed by atoms with Crippen LogP contribution in [0.3, 0.4) is 0 Å². The van der Waals surface area contributed by atoms with Crippen LogP contribution >= 0.6 is 0 Å². The molecule has 0 radical (unpaired) electrons. The Bertz CT molecular complexity index is 473. The molecule has 4 nitrogen and oxygen atoms in total. The van der Waals surface area contributed by atoms with E-state index in [2.05, 4.69) is 20.8 Å². The van der Waals surface area contributed by atoms with Crippen LogP contribution in [0.4, 0.5) is 0 Å². The highest BCUT2D eigenvalue weighted by Crippen LogP contribution is 2.35. The highest BCUT2D eigenvalue weighted by molar-refractivity contribution is 6.79. The van der Waals surface area contributed by atoms with E-state index in [4.69, 9.17) is 9.84 Å². The van der Waals surface area contributed by atoms with Gasteiger partial charge in [0.2, 0.25) is 0 Å². The summed E-state index contributed by atoms with van der Waals surface area (Å²) in [6, 6.07) is 6.11. The third-order valence-corrected chi connectivity index (χ3v) is 12.5. The first kappa shape index (κ1) is 31.9. The van der Waals surface area contributed by atoms with Crippen molar-refractivity contribution in [1.82, 2.24) is 0 Å². The third kappa shape index (κ3) is 20.0. The number of hydrogen-bond donors (Lipinski definition) is 1. The molecule has 0 aliphatic carbocycles. The van der Waals surface area contributed by atoms with Crippen LogP contribution in [0.1, 0.15) is 124 Å². The van der Waals surface area contributed by atoms with Crippen LogP contribution in [0, 0.1) is 0 Å². The molecule has 0 aromatic carbocycles. The summed E-state index contributed by atoms with van der Waals surface area (Å²) in [6.45, 7) is 7.30. The van der Waals surface area contributed by atoms with Crippen molar-refractivity contribution in [2.24, 2.45) is 0 Å². The molecule has 0 fully saturated rings. The maximum absolute atomic E-state index is 11.4. The minimum atomic E-state index is -1.20. The van der Waals surface area contributed by atoms with Crippen molar-refractivity contribution in [3.05, 3.63) is 12.2 Å². The zero-order valence-corrected chi connectivity index (χ0v) is 23.2. The number of carboxylic acid groups (broad SMARTS) is 1. The Morgan fingerprint density at radius 1 is 0.606 bits per heavy atom. The molecular formula is C28H54O4Si. The summed E-state index contributed by atoms with van der Waals surface area (Å²) in [7, 11) is -1.20. The van der Waals surface area contributed by atoms with Crippen LogP contribution in [0.5, 0.6) is 0 Å². The summed E-state index contributed by atoms with van der Waals surface area (Å²) in [5.41, 5.74) is 0. The number of aliphatic carboxylic acids is 1. The molecule has 0 bridgehead atoms. The van der Waals surface area contributed by atoms with E-state index in [-0.39, 0.29) is 0 Å². The molecule has 1 N–H and O–H groups in total. The average Bonchev–Trinajstić information content (AvgIpc) is 2.80. The SMILES string of the molecule is CCCCCC[Si](CCCCCC)(CCCCCC)CCCCCCOC(=O)C=CC(=O)O. The lowest BCUT2D eigenvalue weighted by Gasteiger charge is -2.33. The average molecular weight is 483 g/mol. The lowest BCUT2D eigenvalue weighted by atomic mass is 10.2. The maximum Gasteiger partial charge on any atom is 0.331 e. The van der Waals surface area contributed by atoms with Gasteiger partial charge in [-0.15, -0.1) is 0 Å². The molecule has 0 atom stereocenters. The van der Waals surface area contributed by atoms with Crippen molar-refractivity contribution in [1.29, 1.82) is 0 Å². The molecule has 0 unspecified atom stereocenters. The number of carbonyl (C=O) groups is 2. The second kappa shape index (κ2) is 22.7.